The van der Waals surface area contributed by atoms with Crippen molar-refractivity contribution in [2.24, 2.45) is 7.05 Å². The Balaban J connectivity index is 1.93. The van der Waals surface area contributed by atoms with E-state index in [0.29, 0.717) is 6.07 Å². The molecule has 14 heteroatoms. The molecule has 2 amide bonds. The van der Waals surface area contributed by atoms with Crippen LogP contribution < -0.4 is 15.4 Å². The number of Topliss-reactive ketones (excluding diaryl/α,β-unsaturated/α-hetero) is 1. The molecule has 2 N–H and O–H groups in total. The number of ketones is 1. The molecular weight excluding hydrogens is 491 g/mol. The minimum atomic E-state index is -5.26. The molecule has 1 aromatic carbocycles. The number of aromatic nitrogens is 1. The molecule has 1 fully saturated rings. The minimum absolute atomic E-state index is 0.0267. The maximum absolute atomic E-state index is 13.4. The molecule has 0 saturated heterocycles. The van der Waals surface area contributed by atoms with Gasteiger partial charge in [0.15, 0.2) is 17.4 Å². The summed E-state index contributed by atoms with van der Waals surface area (Å²) >= 11 is 0. The van der Waals surface area contributed by atoms with Crippen LogP contribution in [0.5, 0.6) is 5.75 Å². The van der Waals surface area contributed by atoms with Gasteiger partial charge in [0.2, 0.25) is 0 Å². The quantitative estimate of drug-likeness (QED) is 0.351. The first-order valence-corrected chi connectivity index (χ1v) is 9.84. The smallest absolute Gasteiger partial charge is 0.411 e. The Bertz CT molecular complexity index is 1210. The normalized spacial score (nSPS) is 16.3. The number of nitrogens with zero attached hydrogens (tertiary/aromatic N) is 1. The molecule has 1 saturated carbocycles. The molecule has 7 nitrogen and oxygen atoms in total. The van der Waals surface area contributed by atoms with Crippen LogP contribution in [0.4, 0.5) is 36.4 Å². The number of nitrogens with one attached hydrogen (secondary N) is 2. The van der Waals surface area contributed by atoms with Crippen molar-refractivity contribution in [3.8, 4) is 5.75 Å². The zero-order chi connectivity index (χ0) is 26.5. The molecule has 0 unspecified atom stereocenters. The topological polar surface area (TPSA) is 89.4 Å². The summed E-state index contributed by atoms with van der Waals surface area (Å²) < 4.78 is 99.3. The summed E-state index contributed by atoms with van der Waals surface area (Å²) in [5.41, 5.74) is -4.37. The van der Waals surface area contributed by atoms with Crippen LogP contribution in [-0.2, 0) is 11.8 Å². The van der Waals surface area contributed by atoms with Gasteiger partial charge in [0.25, 0.3) is 23.5 Å². The molecule has 3 rings (SSSR count). The van der Waals surface area contributed by atoms with Crippen LogP contribution in [0.3, 0.4) is 0 Å². The number of hydrogen-bond donors (Lipinski definition) is 2. The van der Waals surface area contributed by atoms with Crippen molar-refractivity contribution < 1.29 is 49.9 Å². The number of halogens is 7. The number of amides is 2. The van der Waals surface area contributed by atoms with E-state index < -0.39 is 71.2 Å². The molecule has 2 aromatic rings. The molecule has 190 valence electrons. The lowest BCUT2D eigenvalue weighted by atomic mass is 9.72. The highest BCUT2D eigenvalue weighted by Crippen LogP contribution is 2.53. The Morgan fingerprint density at radius 1 is 1.09 bits per heavy atom. The number of alkyl halides is 5. The minimum Gasteiger partial charge on any atom is -0.493 e. The van der Waals surface area contributed by atoms with Crippen molar-refractivity contribution in [1.29, 1.82) is 0 Å². The van der Waals surface area contributed by atoms with Gasteiger partial charge in [-0.2, -0.15) is 13.2 Å². The van der Waals surface area contributed by atoms with Gasteiger partial charge in [-0.1, -0.05) is 0 Å². The maximum Gasteiger partial charge on any atom is 0.411 e. The molecule has 0 atom stereocenters. The highest BCUT2D eigenvalue weighted by atomic mass is 19.4. The van der Waals surface area contributed by atoms with Crippen LogP contribution in [0.2, 0.25) is 0 Å². The van der Waals surface area contributed by atoms with Crippen molar-refractivity contribution in [1.82, 2.24) is 9.88 Å². The second kappa shape index (κ2) is 8.57. The molecule has 0 aliphatic heterocycles. The van der Waals surface area contributed by atoms with Crippen LogP contribution in [-0.4, -0.2) is 46.9 Å². The molecular formula is C21H18F7N3O4. The third-order valence-electron chi connectivity index (χ3n) is 5.69. The van der Waals surface area contributed by atoms with E-state index >= 15 is 0 Å². The zero-order valence-electron chi connectivity index (χ0n) is 18.4. The summed E-state index contributed by atoms with van der Waals surface area (Å²) in [5, 5.41) is 3.62. The van der Waals surface area contributed by atoms with E-state index in [2.05, 4.69) is 5.32 Å². The van der Waals surface area contributed by atoms with E-state index in [-0.39, 0.29) is 16.9 Å². The highest BCUT2D eigenvalue weighted by molar-refractivity contribution is 6.43. The van der Waals surface area contributed by atoms with Crippen molar-refractivity contribution >= 4 is 23.3 Å². The van der Waals surface area contributed by atoms with E-state index in [9.17, 15) is 45.1 Å². The van der Waals surface area contributed by atoms with Gasteiger partial charge < -0.3 is 19.9 Å². The number of carbonyl (C=O) groups is 3. The maximum atomic E-state index is 13.4. The second-order valence-electron chi connectivity index (χ2n) is 8.06. The Morgan fingerprint density at radius 2 is 1.69 bits per heavy atom. The first kappa shape index (κ1) is 26.0. The van der Waals surface area contributed by atoms with Gasteiger partial charge in [-0.05, 0) is 19.1 Å². The summed E-state index contributed by atoms with van der Waals surface area (Å²) in [5.74, 6) is -11.0. The Kier molecular flexibility index (Phi) is 6.38. The van der Waals surface area contributed by atoms with Crippen LogP contribution >= 0.6 is 0 Å². The predicted octanol–water partition coefficient (Wildman–Crippen LogP) is 3.90. The summed E-state index contributed by atoms with van der Waals surface area (Å²) in [7, 11) is 2.23. The largest absolute Gasteiger partial charge is 0.493 e. The highest BCUT2D eigenvalue weighted by Gasteiger charge is 2.70. The molecule has 0 spiro atoms. The number of ether oxygens (including phenoxy) is 1. The van der Waals surface area contributed by atoms with E-state index in [0.717, 1.165) is 23.8 Å². The SMILES string of the molecule is COc1c(C(=O)Nc2ccc(F)c(F)c2)c(C)n(C)c1C(=O)C(=O)NC1(C(F)(F)F)CC(F)(F)C1. The van der Waals surface area contributed by atoms with Crippen LogP contribution in [0.1, 0.15) is 39.4 Å². The van der Waals surface area contributed by atoms with E-state index in [4.69, 9.17) is 4.74 Å². The molecule has 1 aliphatic rings. The van der Waals surface area contributed by atoms with E-state index in [1.165, 1.54) is 19.3 Å². The van der Waals surface area contributed by atoms with Crippen molar-refractivity contribution in [2.45, 2.75) is 37.4 Å². The van der Waals surface area contributed by atoms with Gasteiger partial charge >= 0.3 is 6.18 Å². The number of benzene rings is 1. The number of anilines is 1. The fourth-order valence-electron chi connectivity index (χ4n) is 3.83. The summed E-state index contributed by atoms with van der Waals surface area (Å²) in [6, 6.07) is 2.48. The molecule has 1 aromatic heterocycles. The third-order valence-corrected chi connectivity index (χ3v) is 5.69. The summed E-state index contributed by atoms with van der Waals surface area (Å²) in [6.45, 7) is 1.32. The lowest BCUT2D eigenvalue weighted by Crippen LogP contribution is -2.70. The average molecular weight is 509 g/mol. The van der Waals surface area contributed by atoms with Gasteiger partial charge in [0, 0.05) is 37.3 Å². The lowest BCUT2D eigenvalue weighted by Gasteiger charge is -2.48. The average Bonchev–Trinajstić information content (AvgIpc) is 2.98. The Hall–Kier alpha value is -3.58. The van der Waals surface area contributed by atoms with E-state index in [1.54, 1.807) is 0 Å². The van der Waals surface area contributed by atoms with Crippen LogP contribution in [0.15, 0.2) is 18.2 Å². The summed E-state index contributed by atoms with van der Waals surface area (Å²) in [6.07, 6.45) is -8.71. The van der Waals surface area contributed by atoms with Crippen molar-refractivity contribution in [2.75, 3.05) is 12.4 Å². The fraction of sp³-hybridized carbons (Fsp3) is 0.381. The number of hydrogen-bond acceptors (Lipinski definition) is 4. The summed E-state index contributed by atoms with van der Waals surface area (Å²) in [4.78, 5) is 38.0. The monoisotopic (exact) mass is 509 g/mol. The van der Waals surface area contributed by atoms with Gasteiger partial charge in [-0.15, -0.1) is 0 Å². The standard InChI is InChI=1S/C21H18F7N3O4/c1-9-13(17(33)29-10-4-5-11(22)12(23)6-10)16(35-3)14(31(9)2)15(32)18(34)30-19(21(26,27)28)7-20(24,25)8-19/h4-6H,7-8H2,1-3H3,(H,29,33)(H,30,34). The van der Waals surface area contributed by atoms with Crippen LogP contribution in [0, 0.1) is 18.6 Å². The van der Waals surface area contributed by atoms with E-state index in [1.807, 2.05) is 0 Å². The van der Waals surface area contributed by atoms with Gasteiger partial charge in [-0.25, -0.2) is 17.6 Å². The first-order chi connectivity index (χ1) is 16.0. The zero-order valence-corrected chi connectivity index (χ0v) is 18.4. The van der Waals surface area contributed by atoms with Crippen molar-refractivity contribution in [3.05, 3.63) is 46.8 Å². The van der Waals surface area contributed by atoms with Gasteiger partial charge in [-0.3, -0.25) is 14.4 Å². The number of methoxy groups -OCH3 is 1. The second-order valence-corrected chi connectivity index (χ2v) is 8.06. The molecule has 0 bridgehead atoms. The molecule has 35 heavy (non-hydrogen) atoms. The van der Waals surface area contributed by atoms with Gasteiger partial charge in [0.05, 0.1) is 7.11 Å². The fourth-order valence-corrected chi connectivity index (χ4v) is 3.83. The molecule has 0 radical (unpaired) electrons. The Morgan fingerprint density at radius 3 is 2.17 bits per heavy atom. The number of carbonyl (C=O) groups excluding carboxylic acids is 3. The lowest BCUT2D eigenvalue weighted by molar-refractivity contribution is -0.273. The Labute approximate surface area is 193 Å². The first-order valence-electron chi connectivity index (χ1n) is 9.84. The predicted molar refractivity (Wildman–Crippen MR) is 106 cm³/mol. The third kappa shape index (κ3) is 4.56. The number of rotatable bonds is 6. The van der Waals surface area contributed by atoms with Crippen LogP contribution in [0.25, 0.3) is 0 Å². The van der Waals surface area contributed by atoms with Crippen molar-refractivity contribution in [3.63, 3.8) is 0 Å². The molecule has 1 heterocycles. The molecule has 1 aliphatic carbocycles. The van der Waals surface area contributed by atoms with Gasteiger partial charge in [0.1, 0.15) is 16.8 Å².